The van der Waals surface area contributed by atoms with Crippen LogP contribution in [-0.2, 0) is 11.2 Å². The summed E-state index contributed by atoms with van der Waals surface area (Å²) in [5.41, 5.74) is 0. The molecule has 1 atom stereocenters. The minimum Gasteiger partial charge on any atom is -0.394 e. The van der Waals surface area contributed by atoms with Gasteiger partial charge in [0.2, 0.25) is 11.8 Å². The van der Waals surface area contributed by atoms with E-state index in [2.05, 4.69) is 29.3 Å². The Hall–Kier alpha value is -1.43. The van der Waals surface area contributed by atoms with E-state index >= 15 is 0 Å². The van der Waals surface area contributed by atoms with E-state index in [4.69, 9.17) is 4.52 Å². The van der Waals surface area contributed by atoms with Crippen LogP contribution in [0.2, 0.25) is 0 Å². The molecule has 0 radical (unpaired) electrons. The number of carbonyl (C=O) groups excluding carboxylic acids is 1. The molecule has 0 spiro atoms. The smallest absolute Gasteiger partial charge is 0.227 e. The maximum Gasteiger partial charge on any atom is 0.227 e. The van der Waals surface area contributed by atoms with Crippen LogP contribution >= 0.6 is 0 Å². The number of hydrogen-bond donors (Lipinski definition) is 2. The number of nitrogens with zero attached hydrogens (tertiary/aromatic N) is 2. The molecule has 1 unspecified atom stereocenters. The van der Waals surface area contributed by atoms with E-state index < -0.39 is 0 Å². The van der Waals surface area contributed by atoms with Gasteiger partial charge in [0.25, 0.3) is 0 Å². The van der Waals surface area contributed by atoms with E-state index in [9.17, 15) is 9.90 Å². The SMILES string of the molecule is CC(C)CC(CO)NC(=O)CCc1nc(C(C)C)no1. The Balaban J connectivity index is 2.38. The molecule has 1 rings (SSSR count). The topological polar surface area (TPSA) is 88.2 Å². The number of aryl methyl sites for hydroxylation is 1. The molecule has 2 N–H and O–H groups in total. The van der Waals surface area contributed by atoms with Crippen molar-refractivity contribution < 1.29 is 14.4 Å². The fraction of sp³-hybridized carbons (Fsp3) is 0.786. The van der Waals surface area contributed by atoms with Gasteiger partial charge in [0.1, 0.15) is 0 Å². The van der Waals surface area contributed by atoms with Crippen LogP contribution in [0.15, 0.2) is 4.52 Å². The van der Waals surface area contributed by atoms with Crippen molar-refractivity contribution in [2.45, 2.75) is 58.9 Å². The van der Waals surface area contributed by atoms with E-state index in [0.29, 0.717) is 24.1 Å². The Labute approximate surface area is 120 Å². The molecular formula is C14H25N3O3. The summed E-state index contributed by atoms with van der Waals surface area (Å²) in [6.45, 7) is 8.04. The molecule has 1 aromatic rings. The van der Waals surface area contributed by atoms with E-state index in [1.165, 1.54) is 0 Å². The summed E-state index contributed by atoms with van der Waals surface area (Å²) < 4.78 is 5.08. The summed E-state index contributed by atoms with van der Waals surface area (Å²) in [7, 11) is 0. The molecule has 114 valence electrons. The molecule has 20 heavy (non-hydrogen) atoms. The van der Waals surface area contributed by atoms with Gasteiger partial charge in [-0.15, -0.1) is 0 Å². The van der Waals surface area contributed by atoms with Gasteiger partial charge in [0, 0.05) is 18.8 Å². The predicted octanol–water partition coefficient (Wildman–Crippen LogP) is 1.65. The molecule has 0 saturated carbocycles. The second kappa shape index (κ2) is 7.99. The van der Waals surface area contributed by atoms with Gasteiger partial charge >= 0.3 is 0 Å². The Morgan fingerprint density at radius 3 is 2.55 bits per heavy atom. The molecule has 6 nitrogen and oxygen atoms in total. The molecule has 0 aliphatic heterocycles. The van der Waals surface area contributed by atoms with Gasteiger partial charge in [0.15, 0.2) is 5.82 Å². The minimum absolute atomic E-state index is 0.0397. The van der Waals surface area contributed by atoms with Crippen molar-refractivity contribution in [3.63, 3.8) is 0 Å². The van der Waals surface area contributed by atoms with Gasteiger partial charge in [-0.2, -0.15) is 4.98 Å². The highest BCUT2D eigenvalue weighted by molar-refractivity contribution is 5.76. The lowest BCUT2D eigenvalue weighted by atomic mass is 10.0. The van der Waals surface area contributed by atoms with Gasteiger partial charge in [-0.1, -0.05) is 32.9 Å². The minimum atomic E-state index is -0.184. The molecule has 0 aliphatic carbocycles. The molecule has 0 aliphatic rings. The standard InChI is InChI=1S/C14H25N3O3/c1-9(2)7-11(8-18)15-12(19)5-6-13-16-14(10(3)4)17-20-13/h9-11,18H,5-8H2,1-4H3,(H,15,19). The predicted molar refractivity (Wildman–Crippen MR) is 75.2 cm³/mol. The normalized spacial score (nSPS) is 12.9. The van der Waals surface area contributed by atoms with E-state index in [1.807, 2.05) is 13.8 Å². The van der Waals surface area contributed by atoms with Crippen LogP contribution in [0, 0.1) is 5.92 Å². The highest BCUT2D eigenvalue weighted by Crippen LogP contribution is 2.11. The lowest BCUT2D eigenvalue weighted by molar-refractivity contribution is -0.122. The zero-order chi connectivity index (χ0) is 15.1. The number of carbonyl (C=O) groups is 1. The molecule has 0 saturated heterocycles. The fourth-order valence-electron chi connectivity index (χ4n) is 1.87. The summed E-state index contributed by atoms with van der Waals surface area (Å²) >= 11 is 0. The number of aliphatic hydroxyl groups excluding tert-OH is 1. The molecular weight excluding hydrogens is 258 g/mol. The lowest BCUT2D eigenvalue weighted by Crippen LogP contribution is -2.38. The maximum absolute atomic E-state index is 11.8. The van der Waals surface area contributed by atoms with Crippen molar-refractivity contribution in [3.8, 4) is 0 Å². The molecule has 1 aromatic heterocycles. The summed E-state index contributed by atoms with van der Waals surface area (Å²) in [5.74, 6) is 1.68. The van der Waals surface area contributed by atoms with Crippen molar-refractivity contribution in [3.05, 3.63) is 11.7 Å². The van der Waals surface area contributed by atoms with Crippen LogP contribution in [0.4, 0.5) is 0 Å². The fourth-order valence-corrected chi connectivity index (χ4v) is 1.87. The number of rotatable bonds is 8. The zero-order valence-corrected chi connectivity index (χ0v) is 12.7. The van der Waals surface area contributed by atoms with Crippen molar-refractivity contribution in [2.24, 2.45) is 5.92 Å². The summed E-state index contributed by atoms with van der Waals surface area (Å²) in [4.78, 5) is 16.0. The van der Waals surface area contributed by atoms with Crippen LogP contribution in [0.25, 0.3) is 0 Å². The highest BCUT2D eigenvalue weighted by atomic mass is 16.5. The highest BCUT2D eigenvalue weighted by Gasteiger charge is 2.15. The van der Waals surface area contributed by atoms with Gasteiger partial charge in [-0.3, -0.25) is 4.79 Å². The first-order chi connectivity index (χ1) is 9.42. The first-order valence-electron chi connectivity index (χ1n) is 7.15. The first-order valence-corrected chi connectivity index (χ1v) is 7.15. The lowest BCUT2D eigenvalue weighted by Gasteiger charge is -2.17. The first kappa shape index (κ1) is 16.6. The van der Waals surface area contributed by atoms with E-state index in [0.717, 1.165) is 6.42 Å². The van der Waals surface area contributed by atoms with Crippen molar-refractivity contribution in [1.29, 1.82) is 0 Å². The Morgan fingerprint density at radius 2 is 2.05 bits per heavy atom. The Bertz CT molecular complexity index is 416. The van der Waals surface area contributed by atoms with Crippen molar-refractivity contribution in [1.82, 2.24) is 15.5 Å². The average Bonchev–Trinajstić information content (AvgIpc) is 2.84. The maximum atomic E-state index is 11.8. The monoisotopic (exact) mass is 283 g/mol. The van der Waals surface area contributed by atoms with Crippen LogP contribution in [0.3, 0.4) is 0 Å². The van der Waals surface area contributed by atoms with Gasteiger partial charge in [-0.25, -0.2) is 0 Å². The Kier molecular flexibility index (Phi) is 6.64. The van der Waals surface area contributed by atoms with E-state index in [1.54, 1.807) is 0 Å². The van der Waals surface area contributed by atoms with Gasteiger partial charge in [0.05, 0.1) is 12.6 Å². The second-order valence-electron chi connectivity index (χ2n) is 5.78. The molecule has 1 heterocycles. The number of nitrogens with one attached hydrogen (secondary N) is 1. The van der Waals surface area contributed by atoms with Crippen molar-refractivity contribution in [2.75, 3.05) is 6.61 Å². The number of amides is 1. The summed E-state index contributed by atoms with van der Waals surface area (Å²) in [6, 6.07) is -0.184. The summed E-state index contributed by atoms with van der Waals surface area (Å²) in [5, 5.41) is 15.9. The number of aliphatic hydroxyl groups is 1. The molecule has 6 heteroatoms. The van der Waals surface area contributed by atoms with Gasteiger partial charge in [-0.05, 0) is 12.3 Å². The largest absolute Gasteiger partial charge is 0.394 e. The number of hydrogen-bond acceptors (Lipinski definition) is 5. The van der Waals surface area contributed by atoms with Gasteiger partial charge < -0.3 is 14.9 Å². The summed E-state index contributed by atoms with van der Waals surface area (Å²) in [6.07, 6.45) is 1.47. The Morgan fingerprint density at radius 1 is 1.35 bits per heavy atom. The van der Waals surface area contributed by atoms with Crippen LogP contribution < -0.4 is 5.32 Å². The average molecular weight is 283 g/mol. The third-order valence-corrected chi connectivity index (χ3v) is 2.91. The third kappa shape index (κ3) is 5.69. The van der Waals surface area contributed by atoms with Crippen LogP contribution in [-0.4, -0.2) is 33.8 Å². The quantitative estimate of drug-likeness (QED) is 0.757. The van der Waals surface area contributed by atoms with E-state index in [-0.39, 0.29) is 30.9 Å². The third-order valence-electron chi connectivity index (χ3n) is 2.91. The number of aromatic nitrogens is 2. The van der Waals surface area contributed by atoms with Crippen LogP contribution in [0.5, 0.6) is 0 Å². The van der Waals surface area contributed by atoms with Crippen LogP contribution in [0.1, 0.15) is 58.2 Å². The molecule has 0 fully saturated rings. The molecule has 0 bridgehead atoms. The molecule has 1 amide bonds. The second-order valence-corrected chi connectivity index (χ2v) is 5.78. The molecule has 0 aromatic carbocycles. The zero-order valence-electron chi connectivity index (χ0n) is 12.7. The van der Waals surface area contributed by atoms with Crippen molar-refractivity contribution >= 4 is 5.91 Å².